The Hall–Kier alpha value is -3.23. The molecule has 0 unspecified atom stereocenters. The molecule has 0 bridgehead atoms. The highest BCUT2D eigenvalue weighted by molar-refractivity contribution is 5.90. The van der Waals surface area contributed by atoms with Crippen molar-refractivity contribution >= 4 is 12.1 Å². The summed E-state index contributed by atoms with van der Waals surface area (Å²) in [7, 11) is 0. The number of halogens is 3. The summed E-state index contributed by atoms with van der Waals surface area (Å²) in [5, 5.41) is 11.0. The molecule has 0 aliphatic rings. The first kappa shape index (κ1) is 18.1. The molecule has 0 heterocycles. The van der Waals surface area contributed by atoms with Gasteiger partial charge >= 0.3 is 12.5 Å². The molecule has 2 aromatic rings. The van der Waals surface area contributed by atoms with E-state index < -0.39 is 35.5 Å². The van der Waals surface area contributed by atoms with Crippen LogP contribution in [0.4, 0.5) is 18.0 Å². The molecule has 0 aromatic heterocycles. The highest BCUT2D eigenvalue weighted by atomic mass is 19.4. The summed E-state index contributed by atoms with van der Waals surface area (Å²) >= 11 is 0. The van der Waals surface area contributed by atoms with Gasteiger partial charge in [0.1, 0.15) is 18.1 Å². The van der Waals surface area contributed by atoms with Gasteiger partial charge in [-0.3, -0.25) is 0 Å². The second-order valence-electron chi connectivity index (χ2n) is 4.62. The van der Waals surface area contributed by atoms with Crippen molar-refractivity contribution in [1.29, 1.82) is 0 Å². The summed E-state index contributed by atoms with van der Waals surface area (Å²) < 4.78 is 49.5. The fourth-order valence-electron chi connectivity index (χ4n) is 1.79. The molecule has 25 heavy (non-hydrogen) atoms. The van der Waals surface area contributed by atoms with E-state index in [9.17, 15) is 27.9 Å². The van der Waals surface area contributed by atoms with Crippen LogP contribution in [0.3, 0.4) is 0 Å². The SMILES string of the molecule is O=C(OCc1ccccc1)Oc1ccc(OC(F)(F)F)cc1C(=O)[O-]. The van der Waals surface area contributed by atoms with E-state index in [-0.39, 0.29) is 6.61 Å². The van der Waals surface area contributed by atoms with Crippen LogP contribution in [-0.4, -0.2) is 18.5 Å². The number of hydrogen-bond acceptors (Lipinski definition) is 6. The maximum atomic E-state index is 12.2. The molecule has 0 N–H and O–H groups in total. The lowest BCUT2D eigenvalue weighted by molar-refractivity contribution is -0.275. The van der Waals surface area contributed by atoms with Crippen molar-refractivity contribution in [2.75, 3.05) is 0 Å². The molecule has 132 valence electrons. The number of carboxylic acid groups (broad SMARTS) is 1. The first-order valence-electron chi connectivity index (χ1n) is 6.74. The Morgan fingerprint density at radius 1 is 1.04 bits per heavy atom. The summed E-state index contributed by atoms with van der Waals surface area (Å²) in [4.78, 5) is 22.6. The largest absolute Gasteiger partial charge is 0.573 e. The summed E-state index contributed by atoms with van der Waals surface area (Å²) in [6.45, 7) is -0.129. The van der Waals surface area contributed by atoms with Gasteiger partial charge in [-0.2, -0.15) is 0 Å². The summed E-state index contributed by atoms with van der Waals surface area (Å²) in [6, 6.07) is 10.7. The molecule has 0 spiro atoms. The Balaban J connectivity index is 2.07. The fourth-order valence-corrected chi connectivity index (χ4v) is 1.79. The molecule has 6 nitrogen and oxygen atoms in total. The van der Waals surface area contributed by atoms with E-state index in [1.54, 1.807) is 30.3 Å². The molecule has 2 rings (SSSR count). The molecule has 0 fully saturated rings. The van der Waals surface area contributed by atoms with Crippen LogP contribution < -0.4 is 14.6 Å². The van der Waals surface area contributed by atoms with Crippen molar-refractivity contribution in [3.63, 3.8) is 0 Å². The topological polar surface area (TPSA) is 84.9 Å². The average molecular weight is 355 g/mol. The van der Waals surface area contributed by atoms with E-state index in [0.717, 1.165) is 12.1 Å². The average Bonchev–Trinajstić information content (AvgIpc) is 2.54. The molecule has 0 atom stereocenters. The Bertz CT molecular complexity index is 758. The first-order valence-corrected chi connectivity index (χ1v) is 6.74. The van der Waals surface area contributed by atoms with Gasteiger partial charge in [-0.1, -0.05) is 30.3 Å². The second-order valence-corrected chi connectivity index (χ2v) is 4.62. The molecule has 2 aromatic carbocycles. The van der Waals surface area contributed by atoms with Gasteiger partial charge in [0, 0.05) is 5.56 Å². The lowest BCUT2D eigenvalue weighted by Crippen LogP contribution is -2.24. The summed E-state index contributed by atoms with van der Waals surface area (Å²) in [5.41, 5.74) is -0.132. The van der Waals surface area contributed by atoms with Gasteiger partial charge in [-0.05, 0) is 23.8 Å². The number of carbonyl (C=O) groups is 2. The van der Waals surface area contributed by atoms with E-state index in [4.69, 9.17) is 9.47 Å². The number of benzene rings is 2. The third-order valence-corrected chi connectivity index (χ3v) is 2.80. The van der Waals surface area contributed by atoms with Gasteiger partial charge in [-0.25, -0.2) is 4.79 Å². The highest BCUT2D eigenvalue weighted by Crippen LogP contribution is 2.28. The van der Waals surface area contributed by atoms with Gasteiger partial charge < -0.3 is 24.1 Å². The molecule has 0 saturated heterocycles. The van der Waals surface area contributed by atoms with Gasteiger partial charge in [0.2, 0.25) is 0 Å². The number of carbonyl (C=O) groups excluding carboxylic acids is 2. The van der Waals surface area contributed by atoms with Gasteiger partial charge in [0.25, 0.3) is 0 Å². The molecule has 0 amide bonds. The van der Waals surface area contributed by atoms with Crippen LogP contribution in [0.25, 0.3) is 0 Å². The highest BCUT2D eigenvalue weighted by Gasteiger charge is 2.31. The van der Waals surface area contributed by atoms with E-state index in [1.807, 2.05) is 0 Å². The van der Waals surface area contributed by atoms with Crippen molar-refractivity contribution in [3.05, 3.63) is 59.7 Å². The minimum atomic E-state index is -5.00. The van der Waals surface area contributed by atoms with E-state index in [0.29, 0.717) is 11.6 Å². The number of hydrogen-bond donors (Lipinski definition) is 0. The van der Waals surface area contributed by atoms with Crippen molar-refractivity contribution in [3.8, 4) is 11.5 Å². The minimum Gasteiger partial charge on any atom is -0.545 e. The Morgan fingerprint density at radius 3 is 2.32 bits per heavy atom. The van der Waals surface area contributed by atoms with Crippen LogP contribution in [0.15, 0.2) is 48.5 Å². The molecular weight excluding hydrogens is 345 g/mol. The zero-order chi connectivity index (χ0) is 18.4. The van der Waals surface area contributed by atoms with E-state index in [1.165, 1.54) is 0 Å². The fraction of sp³-hybridized carbons (Fsp3) is 0.125. The van der Waals surface area contributed by atoms with E-state index >= 15 is 0 Å². The Morgan fingerprint density at radius 2 is 1.72 bits per heavy atom. The molecule has 0 aliphatic carbocycles. The summed E-state index contributed by atoms with van der Waals surface area (Å²) in [6.07, 6.45) is -6.23. The Labute approximate surface area is 139 Å². The number of carboxylic acids is 1. The molecular formula is C16H10F3O6-. The van der Waals surface area contributed by atoms with Crippen molar-refractivity contribution < 1.29 is 42.1 Å². The quantitative estimate of drug-likeness (QED) is 0.606. The van der Waals surface area contributed by atoms with Crippen molar-refractivity contribution in [1.82, 2.24) is 0 Å². The Kier molecular flexibility index (Phi) is 5.48. The maximum Gasteiger partial charge on any atom is 0.573 e. The van der Waals surface area contributed by atoms with Crippen LogP contribution in [-0.2, 0) is 11.3 Å². The maximum absolute atomic E-state index is 12.2. The lowest BCUT2D eigenvalue weighted by Gasteiger charge is -2.14. The molecule has 0 radical (unpaired) electrons. The van der Waals surface area contributed by atoms with E-state index in [2.05, 4.69) is 4.74 Å². The van der Waals surface area contributed by atoms with Gasteiger partial charge in [0.15, 0.2) is 0 Å². The van der Waals surface area contributed by atoms with Crippen LogP contribution in [0.5, 0.6) is 11.5 Å². The third kappa shape index (κ3) is 5.72. The normalized spacial score (nSPS) is 10.8. The number of aromatic carboxylic acids is 1. The summed E-state index contributed by atoms with van der Waals surface area (Å²) in [5.74, 6) is -3.18. The smallest absolute Gasteiger partial charge is 0.545 e. The zero-order valence-corrected chi connectivity index (χ0v) is 12.4. The standard InChI is InChI=1S/C16H11F3O6/c17-16(18,19)25-11-6-7-13(12(8-11)14(20)21)24-15(22)23-9-10-4-2-1-3-5-10/h1-8H,9H2,(H,20,21)/p-1. The van der Waals surface area contributed by atoms with Crippen molar-refractivity contribution in [2.24, 2.45) is 0 Å². The predicted octanol–water partition coefficient (Wildman–Crippen LogP) is 2.66. The van der Waals surface area contributed by atoms with Crippen LogP contribution in [0.1, 0.15) is 15.9 Å². The van der Waals surface area contributed by atoms with Crippen LogP contribution in [0, 0.1) is 0 Å². The first-order chi connectivity index (χ1) is 11.7. The third-order valence-electron chi connectivity index (χ3n) is 2.80. The van der Waals surface area contributed by atoms with Crippen LogP contribution in [0.2, 0.25) is 0 Å². The minimum absolute atomic E-state index is 0.129. The number of alkyl halides is 3. The molecule has 9 heteroatoms. The van der Waals surface area contributed by atoms with Crippen molar-refractivity contribution in [2.45, 2.75) is 13.0 Å². The van der Waals surface area contributed by atoms with Gasteiger partial charge in [0.05, 0.1) is 5.97 Å². The lowest BCUT2D eigenvalue weighted by atomic mass is 10.2. The molecule has 0 saturated carbocycles. The number of rotatable bonds is 5. The van der Waals surface area contributed by atoms with Gasteiger partial charge in [-0.15, -0.1) is 13.2 Å². The molecule has 0 aliphatic heterocycles. The number of ether oxygens (including phenoxy) is 3. The second kappa shape index (κ2) is 7.56. The predicted molar refractivity (Wildman–Crippen MR) is 74.7 cm³/mol. The van der Waals surface area contributed by atoms with Crippen LogP contribution >= 0.6 is 0 Å². The monoisotopic (exact) mass is 355 g/mol. The zero-order valence-electron chi connectivity index (χ0n) is 12.4.